The SMILES string of the molecule is CCO[O][Sn]1([O]OCC)[O]C(=O)CCO[O][Sn]([O]C(C)=O)([CH](C)OO)[O]OCC[CH]1OO. The standard InChI is InChI=1S/C3H7O4.C3H6O4.2C2H6O2.C2H5O2.C2H4O2.2Sn/c4-6-2-1-3-7-5;4-3(5)1-2-7-6;3*1-2-4-3;1-2(3)4;;/h2,4-5H,1,3H2;6H,1-2H2,(H,4,5);2*3H,2H2,1H3;2-3H,1H3;1H3,(H,3,4);;/q;;;;;;2*+3/p-6. The zero-order valence-electron chi connectivity index (χ0n) is 18.0. The van der Waals surface area contributed by atoms with Gasteiger partial charge in [0.25, 0.3) is 0 Å². The molecule has 0 aromatic heterocycles. The van der Waals surface area contributed by atoms with Crippen LogP contribution in [0.4, 0.5) is 0 Å². The number of rotatable bonds is 10. The number of hydrogen-bond donors (Lipinski definition) is 2. The fourth-order valence-electron chi connectivity index (χ4n) is 2.07. The fourth-order valence-corrected chi connectivity index (χ4v) is 12.3. The third kappa shape index (κ3) is 9.36. The van der Waals surface area contributed by atoms with Crippen LogP contribution in [0, 0.1) is 0 Å². The second-order valence-corrected chi connectivity index (χ2v) is 20.1. The summed E-state index contributed by atoms with van der Waals surface area (Å²) in [5.74, 6) is -1.70. The Bertz CT molecular complexity index is 559. The van der Waals surface area contributed by atoms with E-state index in [2.05, 4.69) is 9.78 Å². The van der Waals surface area contributed by atoms with Crippen LogP contribution >= 0.6 is 0 Å². The van der Waals surface area contributed by atoms with Crippen molar-refractivity contribution in [2.75, 3.05) is 26.4 Å². The molecule has 0 saturated carbocycles. The molecule has 0 aromatic rings. The van der Waals surface area contributed by atoms with Crippen LogP contribution in [0.5, 0.6) is 0 Å². The second-order valence-electron chi connectivity index (χ2n) is 5.95. The molecule has 3 atom stereocenters. The Labute approximate surface area is 194 Å². The molecule has 1 heterocycles. The molecule has 32 heavy (non-hydrogen) atoms. The van der Waals surface area contributed by atoms with Crippen LogP contribution in [0.15, 0.2) is 0 Å². The molecule has 0 spiro atoms. The average Bonchev–Trinajstić information content (AvgIpc) is 2.77. The van der Waals surface area contributed by atoms with Crippen molar-refractivity contribution in [2.45, 2.75) is 48.8 Å². The van der Waals surface area contributed by atoms with E-state index in [0.29, 0.717) is 0 Å². The van der Waals surface area contributed by atoms with Gasteiger partial charge in [-0.25, -0.2) is 0 Å². The summed E-state index contributed by atoms with van der Waals surface area (Å²) >= 11 is -10.5. The van der Waals surface area contributed by atoms with Gasteiger partial charge in [0.2, 0.25) is 0 Å². The summed E-state index contributed by atoms with van der Waals surface area (Å²) < 4.78 is 28.7. The third-order valence-corrected chi connectivity index (χ3v) is 17.1. The Hall–Kier alpha value is 0.0574. The summed E-state index contributed by atoms with van der Waals surface area (Å²) in [4.78, 5) is 52.5. The third-order valence-electron chi connectivity index (χ3n) is 3.51. The first kappa shape index (κ1) is 30.1. The van der Waals surface area contributed by atoms with E-state index < -0.39 is 72.4 Å². The quantitative estimate of drug-likeness (QED) is 0.182. The van der Waals surface area contributed by atoms with Crippen molar-refractivity contribution >= 4 is 51.2 Å². The van der Waals surface area contributed by atoms with E-state index in [0.717, 1.165) is 6.92 Å². The van der Waals surface area contributed by atoms with Crippen LogP contribution in [0.1, 0.15) is 40.5 Å². The van der Waals surface area contributed by atoms with Crippen LogP contribution in [0.3, 0.4) is 0 Å². The summed E-state index contributed by atoms with van der Waals surface area (Å²) in [6, 6.07) is 0. The van der Waals surface area contributed by atoms with E-state index in [1.165, 1.54) is 6.92 Å². The predicted octanol–water partition coefficient (Wildman–Crippen LogP) is 0.412. The zero-order valence-corrected chi connectivity index (χ0v) is 23.7. The van der Waals surface area contributed by atoms with Crippen molar-refractivity contribution in [3.8, 4) is 0 Å². The van der Waals surface area contributed by atoms with Crippen molar-refractivity contribution in [2.24, 2.45) is 0 Å². The van der Waals surface area contributed by atoms with E-state index in [1.54, 1.807) is 13.8 Å². The van der Waals surface area contributed by atoms with Gasteiger partial charge in [-0.05, 0) is 0 Å². The molecular formula is C14H28O16Sn2. The van der Waals surface area contributed by atoms with Gasteiger partial charge in [0, 0.05) is 0 Å². The first-order valence-corrected chi connectivity index (χ1v) is 19.8. The Morgan fingerprint density at radius 3 is 2.22 bits per heavy atom. The first-order chi connectivity index (χ1) is 15.3. The molecule has 1 aliphatic rings. The minimum absolute atomic E-state index is 0.0544. The molecule has 1 fully saturated rings. The molecule has 2 N–H and O–H groups in total. The van der Waals surface area contributed by atoms with Crippen molar-refractivity contribution in [1.82, 2.24) is 0 Å². The van der Waals surface area contributed by atoms with E-state index in [4.69, 9.17) is 43.9 Å². The van der Waals surface area contributed by atoms with E-state index in [9.17, 15) is 14.8 Å². The maximum absolute atomic E-state index is 12.4. The molecule has 0 amide bonds. The summed E-state index contributed by atoms with van der Waals surface area (Å²) in [5, 5.41) is 18.5. The van der Waals surface area contributed by atoms with Crippen LogP contribution in [-0.2, 0) is 58.0 Å². The topological polar surface area (TPSA) is 185 Å². The molecular weight excluding hydrogens is 662 g/mol. The molecule has 0 aliphatic carbocycles. The summed E-state index contributed by atoms with van der Waals surface area (Å²) in [7, 11) is 0. The normalized spacial score (nSPS) is 26.2. The van der Waals surface area contributed by atoms with Gasteiger partial charge in [0.1, 0.15) is 0 Å². The van der Waals surface area contributed by atoms with Gasteiger partial charge >= 0.3 is 195 Å². The second kappa shape index (κ2) is 15.9. The number of carbonyl (C=O) groups excluding carboxylic acids is 2. The van der Waals surface area contributed by atoms with Crippen molar-refractivity contribution in [1.29, 1.82) is 0 Å². The minimum atomic E-state index is -5.27. The number of hydrogen-bond acceptors (Lipinski definition) is 16. The van der Waals surface area contributed by atoms with Crippen LogP contribution < -0.4 is 0 Å². The molecule has 0 radical (unpaired) electrons. The Balaban J connectivity index is 3.17. The fraction of sp³-hybridized carbons (Fsp3) is 0.857. The van der Waals surface area contributed by atoms with Gasteiger partial charge in [0.15, 0.2) is 0 Å². The summed E-state index contributed by atoms with van der Waals surface area (Å²) in [5.41, 5.74) is 0. The predicted molar refractivity (Wildman–Crippen MR) is 98.8 cm³/mol. The monoisotopic (exact) mass is 692 g/mol. The maximum atomic E-state index is 12.4. The molecule has 0 aromatic carbocycles. The molecule has 188 valence electrons. The van der Waals surface area contributed by atoms with Crippen LogP contribution in [-0.4, -0.2) is 96.4 Å². The van der Waals surface area contributed by atoms with Gasteiger partial charge in [-0.3, -0.25) is 0 Å². The van der Waals surface area contributed by atoms with Crippen molar-refractivity contribution in [3.63, 3.8) is 0 Å². The first-order valence-electron chi connectivity index (χ1n) is 9.53. The zero-order chi connectivity index (χ0) is 24.0. The molecule has 16 nitrogen and oxygen atoms in total. The average molecular weight is 690 g/mol. The molecule has 1 saturated heterocycles. The number of carbonyl (C=O) groups is 2. The van der Waals surface area contributed by atoms with Gasteiger partial charge in [0.05, 0.1) is 0 Å². The Kier molecular flexibility index (Phi) is 14.9. The Morgan fingerprint density at radius 1 is 1.12 bits per heavy atom. The summed E-state index contributed by atoms with van der Waals surface area (Å²) in [6.07, 6.45) is -0.629. The van der Waals surface area contributed by atoms with Crippen LogP contribution in [0.25, 0.3) is 0 Å². The van der Waals surface area contributed by atoms with Gasteiger partial charge in [-0.1, -0.05) is 0 Å². The molecule has 0 bridgehead atoms. The van der Waals surface area contributed by atoms with E-state index >= 15 is 0 Å². The molecule has 1 rings (SSSR count). The molecule has 3 unspecified atom stereocenters. The molecule has 18 heteroatoms. The van der Waals surface area contributed by atoms with Gasteiger partial charge in [-0.2, -0.15) is 0 Å². The van der Waals surface area contributed by atoms with Crippen molar-refractivity contribution in [3.05, 3.63) is 0 Å². The summed E-state index contributed by atoms with van der Waals surface area (Å²) in [6.45, 7) is 4.92. The van der Waals surface area contributed by atoms with Crippen LogP contribution in [0.2, 0.25) is 0 Å². The van der Waals surface area contributed by atoms with Crippen molar-refractivity contribution < 1.29 is 68.5 Å². The molecule has 1 aliphatic heterocycles. The van der Waals surface area contributed by atoms with Gasteiger partial charge < -0.3 is 0 Å². The van der Waals surface area contributed by atoms with E-state index in [-0.39, 0.29) is 26.2 Å². The Morgan fingerprint density at radius 2 is 1.72 bits per heavy atom. The van der Waals surface area contributed by atoms with E-state index in [1.807, 2.05) is 0 Å². The van der Waals surface area contributed by atoms with Gasteiger partial charge in [-0.15, -0.1) is 0 Å².